The molecule has 0 radical (unpaired) electrons. The van der Waals surface area contributed by atoms with E-state index < -0.39 is 5.82 Å². The normalized spacial score (nSPS) is 12.6. The Bertz CT molecular complexity index is 1300. The predicted octanol–water partition coefficient (Wildman–Crippen LogP) is 5.61. The molecule has 0 spiro atoms. The lowest BCUT2D eigenvalue weighted by Crippen LogP contribution is -2.08. The number of hydrogen-bond donors (Lipinski definition) is 3. The molecule has 2 aromatic heterocycles. The summed E-state index contributed by atoms with van der Waals surface area (Å²) in [5.41, 5.74) is 6.50. The molecule has 6 nitrogen and oxygen atoms in total. The molecular weight excluding hydrogens is 419 g/mol. The first-order valence-corrected chi connectivity index (χ1v) is 11.2. The summed E-state index contributed by atoms with van der Waals surface area (Å²) >= 11 is 0. The number of nitrogens with one attached hydrogen (secondary N) is 3. The van der Waals surface area contributed by atoms with Gasteiger partial charge in [0.05, 0.1) is 25.6 Å². The number of pyridine rings is 1. The van der Waals surface area contributed by atoms with Gasteiger partial charge in [0, 0.05) is 47.3 Å². The van der Waals surface area contributed by atoms with E-state index in [4.69, 9.17) is 9.47 Å². The van der Waals surface area contributed by atoms with Gasteiger partial charge in [-0.15, -0.1) is 0 Å². The number of aromatic nitrogens is 2. The van der Waals surface area contributed by atoms with E-state index in [0.717, 1.165) is 59.3 Å². The van der Waals surface area contributed by atoms with Crippen molar-refractivity contribution in [1.82, 2.24) is 9.97 Å². The quantitative estimate of drug-likeness (QED) is 0.328. The van der Waals surface area contributed by atoms with Crippen LogP contribution in [0.1, 0.15) is 23.2 Å². The van der Waals surface area contributed by atoms with E-state index in [1.165, 1.54) is 12.7 Å². The minimum absolute atomic E-state index is 0.197. The summed E-state index contributed by atoms with van der Waals surface area (Å²) in [6.45, 7) is 0.587. The number of rotatable bonds is 8. The Labute approximate surface area is 192 Å². The van der Waals surface area contributed by atoms with Crippen LogP contribution in [0.15, 0.2) is 48.8 Å². The van der Waals surface area contributed by atoms with Gasteiger partial charge in [-0.2, -0.15) is 0 Å². The Hall–Kier alpha value is -3.74. The van der Waals surface area contributed by atoms with Crippen LogP contribution in [0.25, 0.3) is 10.9 Å². The molecule has 2 heterocycles. The molecule has 5 rings (SSSR count). The van der Waals surface area contributed by atoms with Crippen LogP contribution in [0.3, 0.4) is 0 Å². The number of benzene rings is 2. The standard InChI is InChI=1S/C26H27FN4O2/c1-32-17-6-7-18-16(15-30-24(18)14-17)10-12-29-22-8-9-23(26(33-2)25(22)27)31-21-11-13-28-20-5-3-4-19(20)21/h6-9,11,13-15,29-30H,3-5,10,12H2,1-2H3,(H,28,31). The fraction of sp³-hybridized carbons (Fsp3) is 0.269. The molecule has 4 aromatic rings. The Balaban J connectivity index is 1.30. The molecule has 3 N–H and O–H groups in total. The van der Waals surface area contributed by atoms with Gasteiger partial charge >= 0.3 is 0 Å². The van der Waals surface area contributed by atoms with Crippen molar-refractivity contribution in [2.75, 3.05) is 31.4 Å². The maximum absolute atomic E-state index is 15.3. The van der Waals surface area contributed by atoms with Gasteiger partial charge < -0.3 is 25.1 Å². The summed E-state index contributed by atoms with van der Waals surface area (Å²) < 4.78 is 26.0. The molecule has 0 saturated carbocycles. The van der Waals surface area contributed by atoms with E-state index in [-0.39, 0.29) is 5.75 Å². The van der Waals surface area contributed by atoms with Gasteiger partial charge in [-0.3, -0.25) is 4.98 Å². The zero-order chi connectivity index (χ0) is 22.8. The Morgan fingerprint density at radius 1 is 1.03 bits per heavy atom. The van der Waals surface area contributed by atoms with E-state index in [2.05, 4.69) is 20.6 Å². The third-order valence-electron chi connectivity index (χ3n) is 6.24. The Morgan fingerprint density at radius 2 is 1.91 bits per heavy atom. The van der Waals surface area contributed by atoms with Crippen LogP contribution in [-0.4, -0.2) is 30.7 Å². The highest BCUT2D eigenvalue weighted by molar-refractivity contribution is 5.84. The van der Waals surface area contributed by atoms with Gasteiger partial charge in [0.1, 0.15) is 5.75 Å². The third kappa shape index (κ3) is 4.06. The van der Waals surface area contributed by atoms with Gasteiger partial charge in [0.15, 0.2) is 11.6 Å². The molecule has 0 unspecified atom stereocenters. The van der Waals surface area contributed by atoms with Crippen LogP contribution in [0.5, 0.6) is 11.5 Å². The molecule has 0 aliphatic heterocycles. The predicted molar refractivity (Wildman–Crippen MR) is 130 cm³/mol. The van der Waals surface area contributed by atoms with Crippen molar-refractivity contribution in [3.8, 4) is 11.5 Å². The number of halogens is 1. The van der Waals surface area contributed by atoms with E-state index in [0.29, 0.717) is 17.9 Å². The fourth-order valence-corrected chi connectivity index (χ4v) is 4.55. The van der Waals surface area contributed by atoms with Crippen LogP contribution in [0.2, 0.25) is 0 Å². The summed E-state index contributed by atoms with van der Waals surface area (Å²) in [6.07, 6.45) is 7.60. The Morgan fingerprint density at radius 3 is 2.76 bits per heavy atom. The molecule has 1 aliphatic carbocycles. The maximum atomic E-state index is 15.3. The van der Waals surface area contributed by atoms with E-state index in [9.17, 15) is 0 Å². The monoisotopic (exact) mass is 446 g/mol. The van der Waals surface area contributed by atoms with E-state index in [1.807, 2.05) is 36.5 Å². The lowest BCUT2D eigenvalue weighted by atomic mass is 10.1. The molecule has 170 valence electrons. The molecule has 7 heteroatoms. The third-order valence-corrected chi connectivity index (χ3v) is 6.24. The molecule has 33 heavy (non-hydrogen) atoms. The molecular formula is C26H27FN4O2. The smallest absolute Gasteiger partial charge is 0.190 e. The van der Waals surface area contributed by atoms with Gasteiger partial charge in [0.2, 0.25) is 0 Å². The lowest BCUT2D eigenvalue weighted by molar-refractivity contribution is 0.389. The minimum Gasteiger partial charge on any atom is -0.497 e. The number of methoxy groups -OCH3 is 2. The van der Waals surface area contributed by atoms with Crippen molar-refractivity contribution >= 4 is 28.0 Å². The highest BCUT2D eigenvalue weighted by Crippen LogP contribution is 2.37. The number of hydrogen-bond acceptors (Lipinski definition) is 5. The summed E-state index contributed by atoms with van der Waals surface area (Å²) in [4.78, 5) is 7.73. The van der Waals surface area contributed by atoms with Crippen LogP contribution in [0, 0.1) is 5.82 Å². The van der Waals surface area contributed by atoms with Gasteiger partial charge in [-0.05, 0) is 67.1 Å². The maximum Gasteiger partial charge on any atom is 0.190 e. The van der Waals surface area contributed by atoms with Crippen LogP contribution in [-0.2, 0) is 19.3 Å². The zero-order valence-electron chi connectivity index (χ0n) is 18.8. The SMILES string of the molecule is COc1ccc2c(CCNc3ccc(Nc4ccnc5c4CCC5)c(OC)c3F)c[nH]c2c1. The molecule has 1 aliphatic rings. The van der Waals surface area contributed by atoms with E-state index >= 15 is 4.39 Å². The first kappa shape index (κ1) is 21.1. The average molecular weight is 447 g/mol. The second-order valence-corrected chi connectivity index (χ2v) is 8.17. The van der Waals surface area contributed by atoms with Crippen LogP contribution < -0.4 is 20.1 Å². The molecule has 2 aromatic carbocycles. The number of ether oxygens (including phenoxy) is 2. The highest BCUT2D eigenvalue weighted by atomic mass is 19.1. The average Bonchev–Trinajstić information content (AvgIpc) is 3.48. The number of nitrogens with zero attached hydrogens (tertiary/aromatic N) is 1. The second kappa shape index (κ2) is 9.02. The summed E-state index contributed by atoms with van der Waals surface area (Å²) in [7, 11) is 3.15. The number of anilines is 3. The minimum atomic E-state index is -0.406. The zero-order valence-corrected chi connectivity index (χ0v) is 18.8. The molecule has 0 atom stereocenters. The van der Waals surface area contributed by atoms with Crippen molar-refractivity contribution in [2.45, 2.75) is 25.7 Å². The van der Waals surface area contributed by atoms with Crippen molar-refractivity contribution in [3.63, 3.8) is 0 Å². The number of aromatic amines is 1. The molecule has 0 amide bonds. The summed E-state index contributed by atoms with van der Waals surface area (Å²) in [5.74, 6) is 0.605. The molecule has 0 fully saturated rings. The fourth-order valence-electron chi connectivity index (χ4n) is 4.55. The summed E-state index contributed by atoms with van der Waals surface area (Å²) in [6, 6.07) is 11.5. The Kier molecular flexibility index (Phi) is 5.77. The topological polar surface area (TPSA) is 71.2 Å². The van der Waals surface area contributed by atoms with Gasteiger partial charge in [0.25, 0.3) is 0 Å². The lowest BCUT2D eigenvalue weighted by Gasteiger charge is -2.17. The van der Waals surface area contributed by atoms with Gasteiger partial charge in [-0.25, -0.2) is 4.39 Å². The van der Waals surface area contributed by atoms with Crippen molar-refractivity contribution in [1.29, 1.82) is 0 Å². The van der Waals surface area contributed by atoms with Crippen molar-refractivity contribution < 1.29 is 13.9 Å². The van der Waals surface area contributed by atoms with Crippen molar-refractivity contribution in [3.05, 3.63) is 71.4 Å². The number of fused-ring (bicyclic) bond motifs is 2. The first-order valence-electron chi connectivity index (χ1n) is 11.2. The van der Waals surface area contributed by atoms with Crippen LogP contribution >= 0.6 is 0 Å². The van der Waals surface area contributed by atoms with Gasteiger partial charge in [-0.1, -0.05) is 0 Å². The highest BCUT2D eigenvalue weighted by Gasteiger charge is 2.19. The van der Waals surface area contributed by atoms with E-state index in [1.54, 1.807) is 19.4 Å². The second-order valence-electron chi connectivity index (χ2n) is 8.17. The summed E-state index contributed by atoms with van der Waals surface area (Å²) in [5, 5.41) is 7.71. The first-order chi connectivity index (χ1) is 16.2. The van der Waals surface area contributed by atoms with Crippen LogP contribution in [0.4, 0.5) is 21.5 Å². The largest absolute Gasteiger partial charge is 0.497 e. The molecule has 0 saturated heterocycles. The number of aryl methyl sites for hydroxylation is 1. The molecule has 0 bridgehead atoms. The number of H-pyrrole nitrogens is 1. The van der Waals surface area contributed by atoms with Crippen molar-refractivity contribution in [2.24, 2.45) is 0 Å².